The van der Waals surface area contributed by atoms with Gasteiger partial charge in [-0.15, -0.1) is 11.8 Å². The lowest BCUT2D eigenvalue weighted by atomic mass is 9.80. The third kappa shape index (κ3) is 2.63. The van der Waals surface area contributed by atoms with Gasteiger partial charge in [-0.3, -0.25) is 0 Å². The summed E-state index contributed by atoms with van der Waals surface area (Å²) in [4.78, 5) is 1.42. The lowest BCUT2D eigenvalue weighted by molar-refractivity contribution is -0.101. The van der Waals surface area contributed by atoms with Crippen molar-refractivity contribution in [2.75, 3.05) is 19.8 Å². The van der Waals surface area contributed by atoms with Gasteiger partial charge in [0, 0.05) is 35.8 Å². The van der Waals surface area contributed by atoms with Crippen molar-refractivity contribution >= 4 is 11.8 Å². The van der Waals surface area contributed by atoms with E-state index in [9.17, 15) is 0 Å². The van der Waals surface area contributed by atoms with Gasteiger partial charge in [-0.25, -0.2) is 0 Å². The van der Waals surface area contributed by atoms with E-state index in [1.807, 2.05) is 11.8 Å². The van der Waals surface area contributed by atoms with Crippen LogP contribution >= 0.6 is 11.8 Å². The van der Waals surface area contributed by atoms with Gasteiger partial charge in [-0.05, 0) is 36.8 Å². The molecule has 0 bridgehead atoms. The summed E-state index contributed by atoms with van der Waals surface area (Å²) in [6.07, 6.45) is 4.31. The Labute approximate surface area is 130 Å². The molecular formula is C17H23NO2S. The molecule has 3 aliphatic heterocycles. The first-order valence-corrected chi connectivity index (χ1v) is 8.86. The lowest BCUT2D eigenvalue weighted by Gasteiger charge is -2.40. The normalized spacial score (nSPS) is 36.8. The number of benzene rings is 1. The maximum absolute atomic E-state index is 6.67. The minimum atomic E-state index is -0.0311. The van der Waals surface area contributed by atoms with E-state index in [0.717, 1.165) is 45.5 Å². The van der Waals surface area contributed by atoms with Crippen LogP contribution in [0.4, 0.5) is 0 Å². The van der Waals surface area contributed by atoms with Gasteiger partial charge in [0.1, 0.15) is 0 Å². The molecule has 0 aliphatic carbocycles. The fourth-order valence-corrected chi connectivity index (χ4v) is 5.41. The van der Waals surface area contributed by atoms with Gasteiger partial charge in [0.25, 0.3) is 0 Å². The van der Waals surface area contributed by atoms with Gasteiger partial charge in [-0.2, -0.15) is 0 Å². The van der Waals surface area contributed by atoms with Crippen LogP contribution in [0.15, 0.2) is 29.2 Å². The summed E-state index contributed by atoms with van der Waals surface area (Å²) in [6, 6.07) is 8.98. The van der Waals surface area contributed by atoms with Crippen LogP contribution in [-0.4, -0.2) is 36.7 Å². The maximum Gasteiger partial charge on any atom is 0.0939 e. The Kier molecular flexibility index (Phi) is 3.74. The van der Waals surface area contributed by atoms with Crippen molar-refractivity contribution in [1.29, 1.82) is 0 Å². The Hall–Kier alpha value is -0.550. The molecule has 0 radical (unpaired) electrons. The molecule has 3 heterocycles. The van der Waals surface area contributed by atoms with Crippen LogP contribution in [0.2, 0.25) is 0 Å². The standard InChI is InChI=1S/C17H23NO2S/c18-16(15-9-12-3-1-2-4-14(12)21-15)13-5-7-20-17(10-13)6-8-19-11-17/h1-4,13,15-16H,5-11,18H2. The van der Waals surface area contributed by atoms with E-state index < -0.39 is 0 Å². The predicted molar refractivity (Wildman–Crippen MR) is 84.6 cm³/mol. The number of rotatable bonds is 2. The van der Waals surface area contributed by atoms with Gasteiger partial charge in [0.2, 0.25) is 0 Å². The number of fused-ring (bicyclic) bond motifs is 1. The Balaban J connectivity index is 1.45. The quantitative estimate of drug-likeness (QED) is 0.912. The molecule has 4 heteroatoms. The molecule has 0 saturated carbocycles. The van der Waals surface area contributed by atoms with Gasteiger partial charge in [0.05, 0.1) is 12.2 Å². The molecule has 4 rings (SSSR count). The number of hydrogen-bond donors (Lipinski definition) is 1. The van der Waals surface area contributed by atoms with Crippen molar-refractivity contribution in [3.63, 3.8) is 0 Å². The van der Waals surface area contributed by atoms with E-state index in [1.54, 1.807) is 0 Å². The van der Waals surface area contributed by atoms with E-state index in [1.165, 1.54) is 10.5 Å². The van der Waals surface area contributed by atoms with Crippen molar-refractivity contribution in [3.8, 4) is 0 Å². The molecule has 3 aliphatic rings. The number of thioether (sulfide) groups is 1. The zero-order chi connectivity index (χ0) is 14.3. The van der Waals surface area contributed by atoms with Crippen molar-refractivity contribution in [1.82, 2.24) is 0 Å². The molecule has 4 unspecified atom stereocenters. The fraction of sp³-hybridized carbons (Fsp3) is 0.647. The van der Waals surface area contributed by atoms with Gasteiger partial charge < -0.3 is 15.2 Å². The summed E-state index contributed by atoms with van der Waals surface area (Å²) >= 11 is 1.97. The minimum Gasteiger partial charge on any atom is -0.378 e. The second kappa shape index (κ2) is 5.58. The minimum absolute atomic E-state index is 0.0311. The molecule has 0 aromatic heterocycles. The molecule has 3 nitrogen and oxygen atoms in total. The second-order valence-electron chi connectivity index (χ2n) is 6.63. The van der Waals surface area contributed by atoms with E-state index in [-0.39, 0.29) is 11.6 Å². The molecule has 2 saturated heterocycles. The summed E-state index contributed by atoms with van der Waals surface area (Å²) in [6.45, 7) is 2.44. The highest BCUT2D eigenvalue weighted by Crippen LogP contribution is 2.43. The van der Waals surface area contributed by atoms with Crippen molar-refractivity contribution in [3.05, 3.63) is 29.8 Å². The first kappa shape index (κ1) is 14.1. The molecule has 2 fully saturated rings. The average Bonchev–Trinajstić information content (AvgIpc) is 3.13. The molecule has 1 spiro atoms. The van der Waals surface area contributed by atoms with E-state index >= 15 is 0 Å². The highest BCUT2D eigenvalue weighted by Gasteiger charge is 2.44. The Morgan fingerprint density at radius 1 is 1.29 bits per heavy atom. The third-order valence-electron chi connectivity index (χ3n) is 5.24. The lowest BCUT2D eigenvalue weighted by Crippen LogP contribution is -2.49. The number of hydrogen-bond acceptors (Lipinski definition) is 4. The highest BCUT2D eigenvalue weighted by molar-refractivity contribution is 8.00. The molecule has 1 aromatic rings. The molecule has 2 N–H and O–H groups in total. The van der Waals surface area contributed by atoms with Crippen LogP contribution in [0.25, 0.3) is 0 Å². The summed E-state index contributed by atoms with van der Waals surface area (Å²) in [5, 5.41) is 0.518. The number of nitrogens with two attached hydrogens (primary N) is 1. The largest absolute Gasteiger partial charge is 0.378 e. The summed E-state index contributed by atoms with van der Waals surface area (Å²) in [7, 11) is 0. The van der Waals surface area contributed by atoms with Gasteiger partial charge in [-0.1, -0.05) is 18.2 Å². The van der Waals surface area contributed by atoms with Crippen LogP contribution in [0.1, 0.15) is 24.8 Å². The molecule has 4 atom stereocenters. The zero-order valence-electron chi connectivity index (χ0n) is 12.3. The molecule has 114 valence electrons. The van der Waals surface area contributed by atoms with E-state index in [2.05, 4.69) is 24.3 Å². The predicted octanol–water partition coefficient (Wildman–Crippen LogP) is 2.62. The Morgan fingerprint density at radius 3 is 3.00 bits per heavy atom. The molecule has 1 aromatic carbocycles. The molecular weight excluding hydrogens is 282 g/mol. The molecule has 21 heavy (non-hydrogen) atoms. The van der Waals surface area contributed by atoms with Crippen LogP contribution in [0.5, 0.6) is 0 Å². The highest BCUT2D eigenvalue weighted by atomic mass is 32.2. The van der Waals surface area contributed by atoms with Crippen molar-refractivity contribution < 1.29 is 9.47 Å². The van der Waals surface area contributed by atoms with Crippen LogP contribution in [0, 0.1) is 5.92 Å². The average molecular weight is 305 g/mol. The maximum atomic E-state index is 6.67. The zero-order valence-corrected chi connectivity index (χ0v) is 13.1. The van der Waals surface area contributed by atoms with Gasteiger partial charge >= 0.3 is 0 Å². The monoisotopic (exact) mass is 305 g/mol. The second-order valence-corrected chi connectivity index (χ2v) is 7.91. The van der Waals surface area contributed by atoms with Crippen molar-refractivity contribution in [2.45, 2.75) is 47.5 Å². The summed E-state index contributed by atoms with van der Waals surface area (Å²) in [5.41, 5.74) is 8.10. The van der Waals surface area contributed by atoms with E-state index in [0.29, 0.717) is 11.2 Å². The fourth-order valence-electron chi connectivity index (χ4n) is 3.98. The smallest absolute Gasteiger partial charge is 0.0939 e. The van der Waals surface area contributed by atoms with E-state index in [4.69, 9.17) is 15.2 Å². The number of ether oxygens (including phenoxy) is 2. The Morgan fingerprint density at radius 2 is 2.19 bits per heavy atom. The van der Waals surface area contributed by atoms with Crippen molar-refractivity contribution in [2.24, 2.45) is 11.7 Å². The first-order valence-electron chi connectivity index (χ1n) is 7.98. The topological polar surface area (TPSA) is 44.5 Å². The van der Waals surface area contributed by atoms with Crippen LogP contribution in [-0.2, 0) is 15.9 Å². The first-order chi connectivity index (χ1) is 10.3. The summed E-state index contributed by atoms with van der Waals surface area (Å²) in [5.74, 6) is 0.562. The van der Waals surface area contributed by atoms with Crippen LogP contribution < -0.4 is 5.73 Å². The Bertz CT molecular complexity index is 490. The third-order valence-corrected chi connectivity index (χ3v) is 6.68. The van der Waals surface area contributed by atoms with Gasteiger partial charge in [0.15, 0.2) is 0 Å². The van der Waals surface area contributed by atoms with Crippen LogP contribution in [0.3, 0.4) is 0 Å². The molecule has 0 amide bonds. The summed E-state index contributed by atoms with van der Waals surface area (Å²) < 4.78 is 11.6. The SMILES string of the molecule is NC(C1CCOC2(CCOC2)C1)C1Cc2ccccc2S1.